The summed E-state index contributed by atoms with van der Waals surface area (Å²) in [4.78, 5) is 9.65. The van der Waals surface area contributed by atoms with Gasteiger partial charge in [-0.05, 0) is 64.7 Å². The van der Waals surface area contributed by atoms with Crippen LogP contribution in [0.25, 0.3) is 22.8 Å². The molecule has 3 aromatic heterocycles. The van der Waals surface area contributed by atoms with Crippen LogP contribution in [0.1, 0.15) is 46.5 Å². The molecule has 0 bridgehead atoms. The van der Waals surface area contributed by atoms with E-state index in [2.05, 4.69) is 69.4 Å². The second kappa shape index (κ2) is 9.19. The zero-order valence-electron chi connectivity index (χ0n) is 19.2. The van der Waals surface area contributed by atoms with Gasteiger partial charge < -0.3 is 4.57 Å². The fourth-order valence-corrected chi connectivity index (χ4v) is 4.45. The fraction of sp³-hybridized carbons (Fsp3) is 0.192. The first-order valence-corrected chi connectivity index (χ1v) is 11.5. The molecular weight excluding hydrogens is 446 g/mol. The van der Waals surface area contributed by atoms with Gasteiger partial charge in [-0.1, -0.05) is 61.0 Å². The van der Waals surface area contributed by atoms with Crippen molar-refractivity contribution in [2.45, 2.75) is 33.7 Å². The van der Waals surface area contributed by atoms with E-state index in [1.54, 1.807) is 0 Å². The zero-order valence-corrected chi connectivity index (χ0v) is 20.0. The van der Waals surface area contributed by atoms with Crippen LogP contribution in [0.4, 0.5) is 0 Å². The third kappa shape index (κ3) is 4.22. The summed E-state index contributed by atoms with van der Waals surface area (Å²) >= 11 is 6.53. The Balaban J connectivity index is 1.53. The molecule has 0 saturated carbocycles. The number of halogens is 1. The highest BCUT2D eigenvalue weighted by Gasteiger charge is 2.15. The van der Waals surface area contributed by atoms with E-state index in [-0.39, 0.29) is 0 Å². The minimum Gasteiger partial charge on any atom is -0.308 e. The molecule has 2 aromatic carbocycles. The summed E-state index contributed by atoms with van der Waals surface area (Å²) in [5.41, 5.74) is 8.10. The van der Waals surface area contributed by atoms with E-state index in [0.29, 0.717) is 17.4 Å². The number of aromatic amines is 1. The molecule has 3 heterocycles. The van der Waals surface area contributed by atoms with Gasteiger partial charge in [-0.2, -0.15) is 0 Å². The Morgan fingerprint density at radius 3 is 2.56 bits per heavy atom. The quantitative estimate of drug-likeness (QED) is 0.359. The van der Waals surface area contributed by atoms with Crippen LogP contribution in [-0.4, -0.2) is 35.2 Å². The van der Waals surface area contributed by atoms with Gasteiger partial charge in [0, 0.05) is 22.7 Å². The fourth-order valence-electron chi connectivity index (χ4n) is 4.22. The van der Waals surface area contributed by atoms with Crippen molar-refractivity contribution in [2.24, 2.45) is 0 Å². The maximum absolute atomic E-state index is 6.53. The van der Waals surface area contributed by atoms with Crippen LogP contribution in [0.5, 0.6) is 0 Å². The van der Waals surface area contributed by atoms with Crippen LogP contribution in [0.15, 0.2) is 54.6 Å². The molecule has 0 unspecified atom stereocenters. The Morgan fingerprint density at radius 1 is 1.06 bits per heavy atom. The largest absolute Gasteiger partial charge is 0.308 e. The van der Waals surface area contributed by atoms with Crippen molar-refractivity contribution in [1.82, 2.24) is 35.2 Å². The van der Waals surface area contributed by atoms with Crippen LogP contribution < -0.4 is 0 Å². The first-order valence-electron chi connectivity index (χ1n) is 11.2. The summed E-state index contributed by atoms with van der Waals surface area (Å²) in [6.07, 6.45) is 2.75. The third-order valence-corrected chi connectivity index (χ3v) is 6.16. The molecule has 0 spiro atoms. The van der Waals surface area contributed by atoms with Crippen molar-refractivity contribution in [3.05, 3.63) is 99.2 Å². The number of H-pyrrole nitrogens is 1. The molecule has 0 fully saturated rings. The first-order chi connectivity index (χ1) is 16.5. The number of tetrazole rings is 1. The summed E-state index contributed by atoms with van der Waals surface area (Å²) in [6.45, 7) is 6.95. The second-order valence-electron chi connectivity index (χ2n) is 8.24. The Bertz CT molecular complexity index is 1480. The lowest BCUT2D eigenvalue weighted by atomic mass is 9.96. The second-order valence-corrected chi connectivity index (χ2v) is 8.65. The van der Waals surface area contributed by atoms with Crippen LogP contribution in [-0.2, 0) is 13.0 Å². The number of rotatable bonds is 6. The summed E-state index contributed by atoms with van der Waals surface area (Å²) in [7, 11) is 0. The van der Waals surface area contributed by atoms with Gasteiger partial charge in [-0.3, -0.25) is 0 Å². The minimum atomic E-state index is 0.563. The summed E-state index contributed by atoms with van der Waals surface area (Å²) < 4.78 is 2.22. The smallest absolute Gasteiger partial charge is 0.172 e. The normalized spacial score (nSPS) is 11.9. The minimum absolute atomic E-state index is 0.563. The number of pyridine rings is 1. The van der Waals surface area contributed by atoms with E-state index in [1.165, 1.54) is 5.56 Å². The van der Waals surface area contributed by atoms with E-state index >= 15 is 0 Å². The van der Waals surface area contributed by atoms with Gasteiger partial charge in [0.25, 0.3) is 0 Å². The van der Waals surface area contributed by atoms with Crippen LogP contribution >= 0.6 is 11.6 Å². The molecule has 1 N–H and O–H groups in total. The standard InChI is InChI=1S/C26H24ClN7/c1-4-24-29-25-16(2)13-17(3)28-26(25)34(24)15-18-9-11-19(12-10-18)21(14-23-30-32-33-31-23)20-7-5-6-8-22(20)27/h5-14H,4,15H2,1-3H3,(H,30,31,32,33). The Morgan fingerprint density at radius 2 is 1.85 bits per heavy atom. The van der Waals surface area contributed by atoms with Gasteiger partial charge in [-0.25, -0.2) is 15.1 Å². The van der Waals surface area contributed by atoms with E-state index in [9.17, 15) is 0 Å². The number of hydrogen-bond acceptors (Lipinski definition) is 5. The van der Waals surface area contributed by atoms with Crippen molar-refractivity contribution in [3.8, 4) is 0 Å². The molecule has 34 heavy (non-hydrogen) atoms. The molecule has 0 radical (unpaired) electrons. The molecule has 0 aliphatic heterocycles. The maximum atomic E-state index is 6.53. The highest BCUT2D eigenvalue weighted by molar-refractivity contribution is 6.32. The maximum Gasteiger partial charge on any atom is 0.172 e. The van der Waals surface area contributed by atoms with Gasteiger partial charge in [0.15, 0.2) is 11.5 Å². The molecule has 7 nitrogen and oxygen atoms in total. The lowest BCUT2D eigenvalue weighted by Gasteiger charge is -2.12. The first kappa shape index (κ1) is 22.0. The van der Waals surface area contributed by atoms with Crippen molar-refractivity contribution < 1.29 is 0 Å². The van der Waals surface area contributed by atoms with Crippen molar-refractivity contribution >= 4 is 34.4 Å². The zero-order chi connectivity index (χ0) is 23.7. The van der Waals surface area contributed by atoms with Gasteiger partial charge in [0.1, 0.15) is 11.3 Å². The highest BCUT2D eigenvalue weighted by atomic mass is 35.5. The molecule has 8 heteroatoms. The van der Waals surface area contributed by atoms with E-state index in [1.807, 2.05) is 37.3 Å². The third-order valence-electron chi connectivity index (χ3n) is 5.83. The molecule has 0 atom stereocenters. The molecule has 5 aromatic rings. The number of aryl methyl sites for hydroxylation is 3. The molecule has 0 aliphatic rings. The number of nitrogens with zero attached hydrogens (tertiary/aromatic N) is 6. The van der Waals surface area contributed by atoms with Crippen molar-refractivity contribution in [2.75, 3.05) is 0 Å². The molecular formula is C26H24ClN7. The molecule has 170 valence electrons. The lowest BCUT2D eigenvalue weighted by Crippen LogP contribution is -2.06. The number of aromatic nitrogens is 7. The molecule has 0 saturated heterocycles. The van der Waals surface area contributed by atoms with E-state index in [0.717, 1.165) is 51.4 Å². The summed E-state index contributed by atoms with van der Waals surface area (Å²) in [6, 6.07) is 18.3. The van der Waals surface area contributed by atoms with Gasteiger partial charge >= 0.3 is 0 Å². The number of imidazole rings is 1. The average molecular weight is 470 g/mol. The summed E-state index contributed by atoms with van der Waals surface area (Å²) in [5, 5.41) is 14.8. The van der Waals surface area contributed by atoms with E-state index in [4.69, 9.17) is 21.6 Å². The monoisotopic (exact) mass is 469 g/mol. The number of benzene rings is 2. The van der Waals surface area contributed by atoms with Crippen LogP contribution in [0.3, 0.4) is 0 Å². The molecule has 0 aliphatic carbocycles. The number of hydrogen-bond donors (Lipinski definition) is 1. The lowest BCUT2D eigenvalue weighted by molar-refractivity contribution is 0.745. The number of nitrogens with one attached hydrogen (secondary N) is 1. The topological polar surface area (TPSA) is 85.2 Å². The average Bonchev–Trinajstić information content (AvgIpc) is 3.47. The Hall–Kier alpha value is -3.84. The molecule has 0 amide bonds. The van der Waals surface area contributed by atoms with Gasteiger partial charge in [0.2, 0.25) is 0 Å². The number of fused-ring (bicyclic) bond motifs is 1. The summed E-state index contributed by atoms with van der Waals surface area (Å²) in [5.74, 6) is 1.60. The SMILES string of the molecule is CCc1nc2c(C)cc(C)nc2n1Cc1ccc(C(=Cc2nnn[nH]2)c2ccccc2Cl)cc1. The van der Waals surface area contributed by atoms with Crippen molar-refractivity contribution in [1.29, 1.82) is 0 Å². The Kier molecular flexibility index (Phi) is 5.94. The molecule has 5 rings (SSSR count). The highest BCUT2D eigenvalue weighted by Crippen LogP contribution is 2.31. The van der Waals surface area contributed by atoms with Gasteiger partial charge in [0.05, 0.1) is 6.54 Å². The van der Waals surface area contributed by atoms with E-state index < -0.39 is 0 Å². The van der Waals surface area contributed by atoms with Crippen LogP contribution in [0, 0.1) is 13.8 Å². The van der Waals surface area contributed by atoms with Crippen molar-refractivity contribution in [3.63, 3.8) is 0 Å². The Labute approximate surface area is 202 Å². The van der Waals surface area contributed by atoms with Crippen LogP contribution in [0.2, 0.25) is 5.02 Å². The van der Waals surface area contributed by atoms with Gasteiger partial charge in [-0.15, -0.1) is 5.10 Å². The predicted octanol–water partition coefficient (Wildman–Crippen LogP) is 5.41. The predicted molar refractivity (Wildman–Crippen MR) is 135 cm³/mol.